The van der Waals surface area contributed by atoms with Gasteiger partial charge in [0.05, 0.1) is 0 Å². The predicted octanol–water partition coefficient (Wildman–Crippen LogP) is 3.31. The van der Waals surface area contributed by atoms with E-state index in [4.69, 9.17) is 4.74 Å². The van der Waals surface area contributed by atoms with Crippen molar-refractivity contribution in [2.45, 2.75) is 31.9 Å². The average molecular weight is 340 g/mol. The summed E-state index contributed by atoms with van der Waals surface area (Å²) in [6.45, 7) is 5.04. The molecule has 1 atom stereocenters. The highest BCUT2D eigenvalue weighted by Crippen LogP contribution is 2.18. The zero-order chi connectivity index (χ0) is 17.5. The summed E-state index contributed by atoms with van der Waals surface area (Å²) in [7, 11) is 0. The average Bonchev–Trinajstić information content (AvgIpc) is 2.64. The van der Waals surface area contributed by atoms with Gasteiger partial charge in [0.2, 0.25) is 0 Å². The highest BCUT2D eigenvalue weighted by Gasteiger charge is 2.21. The largest absolute Gasteiger partial charge is 0.491 e. The smallest absolute Gasteiger partial charge is 0.122 e. The second-order valence-corrected chi connectivity index (χ2v) is 6.82. The molecule has 0 saturated carbocycles. The molecule has 0 bridgehead atoms. The molecule has 4 nitrogen and oxygen atoms in total. The number of aliphatic hydroxyl groups excluding tert-OH is 1. The first-order chi connectivity index (χ1) is 12.2. The number of rotatable bonds is 7. The topological polar surface area (TPSA) is 44.7 Å². The van der Waals surface area contributed by atoms with Gasteiger partial charge in [-0.2, -0.15) is 0 Å². The third-order valence-corrected chi connectivity index (χ3v) is 4.73. The molecule has 2 aromatic rings. The minimum Gasteiger partial charge on any atom is -0.491 e. The summed E-state index contributed by atoms with van der Waals surface area (Å²) in [6.07, 6.45) is 1.74. The van der Waals surface area contributed by atoms with Gasteiger partial charge in [-0.3, -0.25) is 0 Å². The lowest BCUT2D eigenvalue weighted by molar-refractivity contribution is 0.0603. The molecule has 4 heteroatoms. The van der Waals surface area contributed by atoms with Crippen LogP contribution in [-0.2, 0) is 0 Å². The number of para-hydroxylation sites is 2. The summed E-state index contributed by atoms with van der Waals surface area (Å²) < 4.78 is 5.75. The minimum atomic E-state index is -0.460. The summed E-state index contributed by atoms with van der Waals surface area (Å²) >= 11 is 0. The van der Waals surface area contributed by atoms with Crippen LogP contribution in [0.3, 0.4) is 0 Å². The summed E-state index contributed by atoms with van der Waals surface area (Å²) in [5, 5.41) is 13.9. The van der Waals surface area contributed by atoms with Crippen molar-refractivity contribution in [3.05, 3.63) is 60.2 Å². The van der Waals surface area contributed by atoms with E-state index in [1.165, 1.54) is 5.69 Å². The first kappa shape index (κ1) is 17.8. The van der Waals surface area contributed by atoms with Crippen molar-refractivity contribution >= 4 is 5.69 Å². The van der Waals surface area contributed by atoms with E-state index in [-0.39, 0.29) is 0 Å². The fraction of sp³-hybridized carbons (Fsp3) is 0.429. The van der Waals surface area contributed by atoms with Gasteiger partial charge in [0, 0.05) is 31.4 Å². The molecule has 1 heterocycles. The summed E-state index contributed by atoms with van der Waals surface area (Å²) in [4.78, 5) is 2.33. The number of likely N-dealkylation sites (tertiary alicyclic amines) is 1. The summed E-state index contributed by atoms with van der Waals surface area (Å²) in [5.74, 6) is 0.854. The van der Waals surface area contributed by atoms with Crippen LogP contribution in [0.2, 0.25) is 0 Å². The van der Waals surface area contributed by atoms with E-state index in [0.717, 1.165) is 37.2 Å². The Hall–Kier alpha value is -2.04. The first-order valence-electron chi connectivity index (χ1n) is 9.11. The molecule has 1 aliphatic heterocycles. The van der Waals surface area contributed by atoms with Gasteiger partial charge in [0.1, 0.15) is 18.5 Å². The number of β-amino-alcohol motifs (C(OH)–C–C–N with tert-alkyl or cyclic N) is 1. The van der Waals surface area contributed by atoms with Crippen molar-refractivity contribution < 1.29 is 9.84 Å². The van der Waals surface area contributed by atoms with Crippen molar-refractivity contribution in [2.24, 2.45) is 0 Å². The van der Waals surface area contributed by atoms with Crippen molar-refractivity contribution in [3.8, 4) is 5.75 Å². The number of hydrogen-bond acceptors (Lipinski definition) is 4. The van der Waals surface area contributed by atoms with E-state index in [2.05, 4.69) is 34.5 Å². The van der Waals surface area contributed by atoms with E-state index in [9.17, 15) is 5.11 Å². The molecule has 25 heavy (non-hydrogen) atoms. The standard InChI is InChI=1S/C21H28N2O2/c1-17-7-5-6-10-21(17)25-16-20(24)15-23-13-11-19(12-14-23)22-18-8-3-2-4-9-18/h2-10,19-20,22,24H,11-16H2,1H3. The Kier molecular flexibility index (Phi) is 6.31. The quantitative estimate of drug-likeness (QED) is 0.812. The van der Waals surface area contributed by atoms with Crippen LogP contribution in [-0.4, -0.2) is 48.4 Å². The fourth-order valence-corrected chi connectivity index (χ4v) is 3.29. The van der Waals surface area contributed by atoms with Crippen LogP contribution in [0.15, 0.2) is 54.6 Å². The number of nitrogens with one attached hydrogen (secondary N) is 1. The molecule has 2 N–H and O–H groups in total. The zero-order valence-corrected chi connectivity index (χ0v) is 14.9. The normalized spacial score (nSPS) is 17.2. The molecule has 1 unspecified atom stereocenters. The lowest BCUT2D eigenvalue weighted by Gasteiger charge is -2.33. The second-order valence-electron chi connectivity index (χ2n) is 6.82. The Balaban J connectivity index is 1.37. The molecule has 2 aromatic carbocycles. The van der Waals surface area contributed by atoms with Crippen LogP contribution in [0.5, 0.6) is 5.75 Å². The second kappa shape index (κ2) is 8.88. The Morgan fingerprint density at radius 2 is 1.76 bits per heavy atom. The van der Waals surface area contributed by atoms with Crippen molar-refractivity contribution in [1.29, 1.82) is 0 Å². The van der Waals surface area contributed by atoms with Crippen molar-refractivity contribution in [2.75, 3.05) is 31.6 Å². The van der Waals surface area contributed by atoms with E-state index in [0.29, 0.717) is 19.2 Å². The van der Waals surface area contributed by atoms with Gasteiger partial charge in [-0.25, -0.2) is 0 Å². The number of aryl methyl sites for hydroxylation is 1. The predicted molar refractivity (Wildman–Crippen MR) is 102 cm³/mol. The Labute approximate surface area is 150 Å². The third kappa shape index (κ3) is 5.48. The maximum absolute atomic E-state index is 10.3. The van der Waals surface area contributed by atoms with Crippen LogP contribution in [0.4, 0.5) is 5.69 Å². The van der Waals surface area contributed by atoms with Crippen LogP contribution >= 0.6 is 0 Å². The Morgan fingerprint density at radius 3 is 2.48 bits per heavy atom. The van der Waals surface area contributed by atoms with Gasteiger partial charge in [-0.15, -0.1) is 0 Å². The maximum atomic E-state index is 10.3. The van der Waals surface area contributed by atoms with Gasteiger partial charge in [0.25, 0.3) is 0 Å². The molecule has 0 radical (unpaired) electrons. The molecule has 1 fully saturated rings. The van der Waals surface area contributed by atoms with Crippen LogP contribution < -0.4 is 10.1 Å². The zero-order valence-electron chi connectivity index (χ0n) is 14.9. The molecule has 0 aliphatic carbocycles. The number of piperidine rings is 1. The first-order valence-corrected chi connectivity index (χ1v) is 9.11. The van der Waals surface area contributed by atoms with Crippen molar-refractivity contribution in [1.82, 2.24) is 4.90 Å². The van der Waals surface area contributed by atoms with Crippen LogP contribution in [0.1, 0.15) is 18.4 Å². The maximum Gasteiger partial charge on any atom is 0.122 e. The highest BCUT2D eigenvalue weighted by molar-refractivity contribution is 5.43. The van der Waals surface area contributed by atoms with Gasteiger partial charge in [0.15, 0.2) is 0 Å². The lowest BCUT2D eigenvalue weighted by Crippen LogP contribution is -2.43. The molecule has 3 rings (SSSR count). The molecule has 134 valence electrons. The lowest BCUT2D eigenvalue weighted by atomic mass is 10.0. The number of ether oxygens (including phenoxy) is 1. The van der Waals surface area contributed by atoms with E-state index < -0.39 is 6.10 Å². The van der Waals surface area contributed by atoms with Crippen molar-refractivity contribution in [3.63, 3.8) is 0 Å². The SMILES string of the molecule is Cc1ccccc1OCC(O)CN1CCC(Nc2ccccc2)CC1. The number of benzene rings is 2. The van der Waals surface area contributed by atoms with E-state index in [1.54, 1.807) is 0 Å². The monoisotopic (exact) mass is 340 g/mol. The number of aliphatic hydroxyl groups is 1. The molecular weight excluding hydrogens is 312 g/mol. The molecule has 1 saturated heterocycles. The summed E-state index contributed by atoms with van der Waals surface area (Å²) in [6, 6.07) is 18.8. The van der Waals surface area contributed by atoms with E-state index in [1.807, 2.05) is 37.3 Å². The third-order valence-electron chi connectivity index (χ3n) is 4.73. The van der Waals surface area contributed by atoms with E-state index >= 15 is 0 Å². The highest BCUT2D eigenvalue weighted by atomic mass is 16.5. The van der Waals surface area contributed by atoms with Gasteiger partial charge in [-0.1, -0.05) is 36.4 Å². The number of nitrogens with zero attached hydrogens (tertiary/aromatic N) is 1. The number of hydrogen-bond donors (Lipinski definition) is 2. The minimum absolute atomic E-state index is 0.340. The molecule has 1 aliphatic rings. The van der Waals surface area contributed by atoms with Gasteiger partial charge < -0.3 is 20.1 Å². The van der Waals surface area contributed by atoms with Crippen LogP contribution in [0, 0.1) is 6.92 Å². The Morgan fingerprint density at radius 1 is 1.08 bits per heavy atom. The molecule has 0 spiro atoms. The van der Waals surface area contributed by atoms with Gasteiger partial charge >= 0.3 is 0 Å². The van der Waals surface area contributed by atoms with Crippen LogP contribution in [0.25, 0.3) is 0 Å². The summed E-state index contributed by atoms with van der Waals surface area (Å²) in [5.41, 5.74) is 2.29. The Bertz CT molecular complexity index is 639. The van der Waals surface area contributed by atoms with Gasteiger partial charge in [-0.05, 0) is 43.5 Å². The molecule has 0 aromatic heterocycles. The molecule has 0 amide bonds. The number of anilines is 1. The fourth-order valence-electron chi connectivity index (χ4n) is 3.29. The molecular formula is C21H28N2O2.